The Morgan fingerprint density at radius 2 is 1.84 bits per heavy atom. The number of amides is 2. The van der Waals surface area contributed by atoms with Gasteiger partial charge < -0.3 is 10.6 Å². The van der Waals surface area contributed by atoms with Crippen LogP contribution in [0.25, 0.3) is 11.1 Å². The minimum Gasteiger partial charge on any atom is -0.353 e. The van der Waals surface area contributed by atoms with Crippen LogP contribution < -0.4 is 10.6 Å². The third-order valence-corrected chi connectivity index (χ3v) is 5.86. The van der Waals surface area contributed by atoms with Crippen molar-refractivity contribution in [2.24, 2.45) is 7.05 Å². The minimum absolute atomic E-state index is 0.0927. The number of carbonyl (C=O) groups excluding carboxylic acids is 2. The zero-order valence-corrected chi connectivity index (χ0v) is 18.5. The molecular weight excluding hydrogens is 402 g/mol. The van der Waals surface area contributed by atoms with E-state index in [0.717, 1.165) is 22.4 Å². The van der Waals surface area contributed by atoms with Crippen molar-refractivity contribution in [3.8, 4) is 11.1 Å². The topological polar surface area (TPSA) is 79.3 Å². The van der Waals surface area contributed by atoms with Gasteiger partial charge in [0.15, 0.2) is 0 Å². The smallest absolute Gasteiger partial charge is 0.237 e. The summed E-state index contributed by atoms with van der Waals surface area (Å²) in [4.78, 5) is 27.2. The lowest BCUT2D eigenvalue weighted by atomic mass is 10.0. The second-order valence-electron chi connectivity index (χ2n) is 8.23. The molecule has 1 atom stereocenters. The molecule has 0 unspecified atom stereocenters. The predicted octanol–water partition coefficient (Wildman–Crippen LogP) is 2.40. The summed E-state index contributed by atoms with van der Waals surface area (Å²) in [5, 5.41) is 10.1. The van der Waals surface area contributed by atoms with Crippen LogP contribution >= 0.6 is 0 Å². The number of piperazine rings is 1. The second-order valence-corrected chi connectivity index (χ2v) is 8.23. The highest BCUT2D eigenvalue weighted by Gasteiger charge is 2.31. The Labute approximate surface area is 188 Å². The monoisotopic (exact) mass is 431 g/mol. The van der Waals surface area contributed by atoms with E-state index in [-0.39, 0.29) is 18.2 Å². The largest absolute Gasteiger partial charge is 0.353 e. The maximum absolute atomic E-state index is 12.6. The lowest BCUT2D eigenvalue weighted by Gasteiger charge is -2.34. The number of nitrogens with one attached hydrogen (secondary N) is 2. The summed E-state index contributed by atoms with van der Waals surface area (Å²) in [5.74, 6) is -0.232. The Bertz CT molecular complexity index is 1080. The molecule has 7 heteroatoms. The molecule has 0 spiro atoms. The van der Waals surface area contributed by atoms with Crippen molar-refractivity contribution in [3.63, 3.8) is 0 Å². The van der Waals surface area contributed by atoms with E-state index in [9.17, 15) is 9.59 Å². The summed E-state index contributed by atoms with van der Waals surface area (Å²) in [6.45, 7) is 4.26. The van der Waals surface area contributed by atoms with Crippen LogP contribution in [-0.4, -0.2) is 45.6 Å². The van der Waals surface area contributed by atoms with Gasteiger partial charge in [-0.25, -0.2) is 0 Å². The van der Waals surface area contributed by atoms with Gasteiger partial charge in [-0.2, -0.15) is 5.10 Å². The van der Waals surface area contributed by atoms with E-state index in [0.29, 0.717) is 26.2 Å². The summed E-state index contributed by atoms with van der Waals surface area (Å²) in [5.41, 5.74) is 5.33. The first-order valence-electron chi connectivity index (χ1n) is 10.9. The van der Waals surface area contributed by atoms with Gasteiger partial charge in [0.25, 0.3) is 0 Å². The van der Waals surface area contributed by atoms with Gasteiger partial charge in [-0.15, -0.1) is 0 Å². The fourth-order valence-corrected chi connectivity index (χ4v) is 4.10. The molecule has 2 amide bonds. The molecule has 1 aromatic heterocycles. The van der Waals surface area contributed by atoms with E-state index in [1.54, 1.807) is 4.68 Å². The van der Waals surface area contributed by atoms with Crippen molar-refractivity contribution in [3.05, 3.63) is 77.6 Å². The highest BCUT2D eigenvalue weighted by molar-refractivity contribution is 5.88. The van der Waals surface area contributed by atoms with Gasteiger partial charge in [0, 0.05) is 45.0 Å². The minimum atomic E-state index is -0.479. The van der Waals surface area contributed by atoms with E-state index >= 15 is 0 Å². The number of hydrogen-bond acceptors (Lipinski definition) is 4. The highest BCUT2D eigenvalue weighted by Crippen LogP contribution is 2.21. The molecule has 7 nitrogen and oxygen atoms in total. The van der Waals surface area contributed by atoms with E-state index in [2.05, 4.69) is 57.0 Å². The maximum atomic E-state index is 12.6. The van der Waals surface area contributed by atoms with Gasteiger partial charge in [0.2, 0.25) is 11.8 Å². The van der Waals surface area contributed by atoms with Crippen molar-refractivity contribution >= 4 is 11.8 Å². The van der Waals surface area contributed by atoms with E-state index < -0.39 is 6.04 Å². The standard InChI is InChI=1S/C25H29N5O2/c1-18-22(17-29(2)28-18)15-27-24(31)14-23-25(32)26-12-13-30(23)16-19-8-10-21(11-9-19)20-6-4-3-5-7-20/h3-11,17,23H,12-16H2,1-2H3,(H,26,32)(H,27,31)/t23-/m0/s1. The molecule has 2 N–H and O–H groups in total. The van der Waals surface area contributed by atoms with Crippen LogP contribution in [0.15, 0.2) is 60.8 Å². The van der Waals surface area contributed by atoms with Crippen molar-refractivity contribution in [1.29, 1.82) is 0 Å². The Hall–Kier alpha value is -3.45. The Balaban J connectivity index is 1.38. The number of carbonyl (C=O) groups is 2. The quantitative estimate of drug-likeness (QED) is 0.602. The van der Waals surface area contributed by atoms with Crippen molar-refractivity contribution in [2.75, 3.05) is 13.1 Å². The average molecular weight is 432 g/mol. The summed E-state index contributed by atoms with van der Waals surface area (Å²) in [7, 11) is 1.86. The van der Waals surface area contributed by atoms with Crippen LogP contribution in [0.5, 0.6) is 0 Å². The molecule has 1 aliphatic heterocycles. The zero-order chi connectivity index (χ0) is 22.5. The SMILES string of the molecule is Cc1nn(C)cc1CNC(=O)C[C@H]1C(=O)NCCN1Cc1ccc(-c2ccccc2)cc1. The number of aromatic nitrogens is 2. The van der Waals surface area contributed by atoms with E-state index in [4.69, 9.17) is 0 Å². The van der Waals surface area contributed by atoms with Gasteiger partial charge >= 0.3 is 0 Å². The highest BCUT2D eigenvalue weighted by atomic mass is 16.2. The molecule has 1 fully saturated rings. The lowest BCUT2D eigenvalue weighted by molar-refractivity contribution is -0.134. The van der Waals surface area contributed by atoms with Crippen molar-refractivity contribution in [1.82, 2.24) is 25.3 Å². The third kappa shape index (κ3) is 5.23. The summed E-state index contributed by atoms with van der Waals surface area (Å²) >= 11 is 0. The van der Waals surface area contributed by atoms with Gasteiger partial charge in [0.1, 0.15) is 0 Å². The molecule has 32 heavy (non-hydrogen) atoms. The molecular formula is C25H29N5O2. The van der Waals surface area contributed by atoms with Crippen LogP contribution in [0.1, 0.15) is 23.2 Å². The molecule has 1 saturated heterocycles. The van der Waals surface area contributed by atoms with Crippen LogP contribution in [0.4, 0.5) is 0 Å². The lowest BCUT2D eigenvalue weighted by Crippen LogP contribution is -2.56. The predicted molar refractivity (Wildman–Crippen MR) is 123 cm³/mol. The first-order chi connectivity index (χ1) is 15.5. The average Bonchev–Trinajstić information content (AvgIpc) is 3.12. The van der Waals surface area contributed by atoms with Gasteiger partial charge in [-0.3, -0.25) is 19.2 Å². The first-order valence-corrected chi connectivity index (χ1v) is 10.9. The molecule has 1 aliphatic rings. The Morgan fingerprint density at radius 3 is 2.53 bits per heavy atom. The Kier molecular flexibility index (Phi) is 6.66. The third-order valence-electron chi connectivity index (χ3n) is 5.86. The molecule has 0 radical (unpaired) electrons. The molecule has 0 aliphatic carbocycles. The van der Waals surface area contributed by atoms with Crippen LogP contribution in [0.2, 0.25) is 0 Å². The molecule has 0 bridgehead atoms. The molecule has 3 aromatic rings. The van der Waals surface area contributed by atoms with E-state index in [1.807, 2.05) is 38.4 Å². The molecule has 2 aromatic carbocycles. The van der Waals surface area contributed by atoms with Crippen LogP contribution in [0, 0.1) is 6.92 Å². The fraction of sp³-hybridized carbons (Fsp3) is 0.320. The van der Waals surface area contributed by atoms with Gasteiger partial charge in [-0.1, -0.05) is 54.6 Å². The summed E-state index contributed by atoms with van der Waals surface area (Å²) in [6.07, 6.45) is 2.03. The van der Waals surface area contributed by atoms with Gasteiger partial charge in [-0.05, 0) is 23.6 Å². The maximum Gasteiger partial charge on any atom is 0.237 e. The second kappa shape index (κ2) is 9.78. The van der Waals surface area contributed by atoms with Gasteiger partial charge in [0.05, 0.1) is 18.2 Å². The molecule has 166 valence electrons. The van der Waals surface area contributed by atoms with Crippen molar-refractivity contribution < 1.29 is 9.59 Å². The number of benzene rings is 2. The molecule has 0 saturated carbocycles. The fourth-order valence-electron chi connectivity index (χ4n) is 4.10. The van der Waals surface area contributed by atoms with Crippen molar-refractivity contribution in [2.45, 2.75) is 32.5 Å². The summed E-state index contributed by atoms with van der Waals surface area (Å²) < 4.78 is 1.73. The molecule has 4 rings (SSSR count). The molecule has 2 heterocycles. The summed E-state index contributed by atoms with van der Waals surface area (Å²) in [6, 6.07) is 18.2. The van der Waals surface area contributed by atoms with Crippen LogP contribution in [0.3, 0.4) is 0 Å². The Morgan fingerprint density at radius 1 is 1.12 bits per heavy atom. The number of nitrogens with zero attached hydrogens (tertiary/aromatic N) is 3. The van der Waals surface area contributed by atoms with Crippen LogP contribution in [-0.2, 0) is 29.7 Å². The normalized spacial score (nSPS) is 16.6. The zero-order valence-electron chi connectivity index (χ0n) is 18.5. The van der Waals surface area contributed by atoms with E-state index in [1.165, 1.54) is 5.56 Å². The first kappa shape index (κ1) is 21.8. The number of rotatable bonds is 7. The number of hydrogen-bond donors (Lipinski definition) is 2. The number of aryl methyl sites for hydroxylation is 2.